The summed E-state index contributed by atoms with van der Waals surface area (Å²) in [7, 11) is 0. The Morgan fingerprint density at radius 2 is 2.18 bits per heavy atom. The summed E-state index contributed by atoms with van der Waals surface area (Å²) in [4.78, 5) is 11.1. The predicted octanol–water partition coefficient (Wildman–Crippen LogP) is 3.49. The van der Waals surface area contributed by atoms with E-state index in [1.807, 2.05) is 26.0 Å². The Bertz CT molecular complexity index is 444. The lowest BCUT2D eigenvalue weighted by Gasteiger charge is -2.13. The van der Waals surface area contributed by atoms with E-state index in [0.29, 0.717) is 24.3 Å². The molecule has 0 heterocycles. The summed E-state index contributed by atoms with van der Waals surface area (Å²) in [5, 5.41) is 0. The Hall–Kier alpha value is -1.83. The lowest BCUT2D eigenvalue weighted by Crippen LogP contribution is -2.04. The molecule has 0 aliphatic rings. The summed E-state index contributed by atoms with van der Waals surface area (Å²) in [5.74, 6) is 0.647. The molecule has 0 saturated heterocycles. The van der Waals surface area contributed by atoms with Gasteiger partial charge < -0.3 is 4.74 Å². The molecule has 2 nitrogen and oxygen atoms in total. The number of hydrogen-bond acceptors (Lipinski definition) is 2. The highest BCUT2D eigenvalue weighted by atomic mass is 16.5. The largest absolute Gasteiger partial charge is 0.488 e. The lowest BCUT2D eigenvalue weighted by atomic mass is 10.0. The second-order valence-corrected chi connectivity index (χ2v) is 4.20. The molecule has 17 heavy (non-hydrogen) atoms. The van der Waals surface area contributed by atoms with E-state index in [0.717, 1.165) is 23.0 Å². The Labute approximate surface area is 103 Å². The van der Waals surface area contributed by atoms with Crippen LogP contribution >= 0.6 is 0 Å². The summed E-state index contributed by atoms with van der Waals surface area (Å²) < 4.78 is 5.65. The maximum atomic E-state index is 11.1. The van der Waals surface area contributed by atoms with Crippen molar-refractivity contribution >= 4 is 6.29 Å². The van der Waals surface area contributed by atoms with E-state index in [-0.39, 0.29) is 0 Å². The van der Waals surface area contributed by atoms with Gasteiger partial charge in [-0.1, -0.05) is 18.7 Å². The predicted molar refractivity (Wildman–Crippen MR) is 70.8 cm³/mol. The van der Waals surface area contributed by atoms with Crippen LogP contribution in [0.3, 0.4) is 0 Å². The summed E-state index contributed by atoms with van der Waals surface area (Å²) >= 11 is 0. The van der Waals surface area contributed by atoms with Crippen LogP contribution in [0.15, 0.2) is 36.9 Å². The number of allylic oxidation sites excluding steroid dienone is 1. The van der Waals surface area contributed by atoms with Crippen molar-refractivity contribution in [2.75, 3.05) is 6.61 Å². The molecule has 0 amide bonds. The highest BCUT2D eigenvalue weighted by Gasteiger charge is 2.10. The van der Waals surface area contributed by atoms with E-state index in [4.69, 9.17) is 4.74 Å². The molecule has 1 rings (SSSR count). The molecule has 2 heteroatoms. The van der Waals surface area contributed by atoms with E-state index in [2.05, 4.69) is 13.2 Å². The molecule has 1 aromatic carbocycles. The van der Waals surface area contributed by atoms with Crippen LogP contribution in [0.4, 0.5) is 0 Å². The first-order valence-corrected chi connectivity index (χ1v) is 5.55. The lowest BCUT2D eigenvalue weighted by molar-refractivity contribution is 0.111. The second-order valence-electron chi connectivity index (χ2n) is 4.20. The normalized spacial score (nSPS) is 9.76. The maximum Gasteiger partial charge on any atom is 0.153 e. The molecular formula is C15H18O2. The van der Waals surface area contributed by atoms with Crippen LogP contribution in [0.2, 0.25) is 0 Å². The molecule has 0 spiro atoms. The average Bonchev–Trinajstić information content (AvgIpc) is 2.27. The number of benzene rings is 1. The van der Waals surface area contributed by atoms with E-state index < -0.39 is 0 Å². The SMILES string of the molecule is C=CCc1cc(C)cc(C=O)c1OCC(=C)C. The Morgan fingerprint density at radius 1 is 1.47 bits per heavy atom. The number of carbonyl (C=O) groups is 1. The van der Waals surface area contributed by atoms with Gasteiger partial charge in [-0.25, -0.2) is 0 Å². The van der Waals surface area contributed by atoms with Crippen LogP contribution in [-0.4, -0.2) is 12.9 Å². The van der Waals surface area contributed by atoms with Gasteiger partial charge in [0, 0.05) is 0 Å². The molecule has 0 unspecified atom stereocenters. The molecule has 0 N–H and O–H groups in total. The van der Waals surface area contributed by atoms with Gasteiger partial charge in [-0.05, 0) is 43.0 Å². The first kappa shape index (κ1) is 13.2. The monoisotopic (exact) mass is 230 g/mol. The quantitative estimate of drug-likeness (QED) is 0.552. The Kier molecular flexibility index (Phi) is 4.70. The van der Waals surface area contributed by atoms with Crippen molar-refractivity contribution in [1.82, 2.24) is 0 Å². The van der Waals surface area contributed by atoms with E-state index in [1.165, 1.54) is 0 Å². The summed E-state index contributed by atoms with van der Waals surface area (Å²) in [6.45, 7) is 11.8. The van der Waals surface area contributed by atoms with Crippen molar-refractivity contribution in [1.29, 1.82) is 0 Å². The molecule has 0 aliphatic heterocycles. The van der Waals surface area contributed by atoms with Crippen molar-refractivity contribution in [3.8, 4) is 5.75 Å². The van der Waals surface area contributed by atoms with Gasteiger partial charge >= 0.3 is 0 Å². The molecule has 0 saturated carbocycles. The van der Waals surface area contributed by atoms with Crippen LogP contribution in [-0.2, 0) is 6.42 Å². The van der Waals surface area contributed by atoms with Crippen molar-refractivity contribution in [3.05, 3.63) is 53.6 Å². The first-order valence-electron chi connectivity index (χ1n) is 5.55. The zero-order chi connectivity index (χ0) is 12.8. The molecular weight excluding hydrogens is 212 g/mol. The number of aryl methyl sites for hydroxylation is 1. The fraction of sp³-hybridized carbons (Fsp3) is 0.267. The number of aldehydes is 1. The minimum absolute atomic E-state index is 0.425. The summed E-state index contributed by atoms with van der Waals surface area (Å²) in [5.41, 5.74) is 3.55. The van der Waals surface area contributed by atoms with Gasteiger partial charge in [-0.15, -0.1) is 6.58 Å². The summed E-state index contributed by atoms with van der Waals surface area (Å²) in [6.07, 6.45) is 3.32. The molecule has 90 valence electrons. The second kappa shape index (κ2) is 6.04. The van der Waals surface area contributed by atoms with Gasteiger partial charge in [0.05, 0.1) is 5.56 Å². The summed E-state index contributed by atoms with van der Waals surface area (Å²) in [6, 6.07) is 3.84. The zero-order valence-electron chi connectivity index (χ0n) is 10.5. The average molecular weight is 230 g/mol. The standard InChI is InChI=1S/C15H18O2/c1-5-6-13-7-12(4)8-14(9-16)15(13)17-10-11(2)3/h5,7-9H,1-2,6,10H2,3-4H3. The third-order valence-electron chi connectivity index (χ3n) is 2.29. The first-order chi connectivity index (χ1) is 8.08. The van der Waals surface area contributed by atoms with Crippen molar-refractivity contribution in [2.45, 2.75) is 20.3 Å². The fourth-order valence-electron chi connectivity index (χ4n) is 1.64. The highest BCUT2D eigenvalue weighted by Crippen LogP contribution is 2.26. The minimum atomic E-state index is 0.425. The van der Waals surface area contributed by atoms with Gasteiger partial charge in [0.1, 0.15) is 12.4 Å². The number of carbonyl (C=O) groups excluding carboxylic acids is 1. The van der Waals surface area contributed by atoms with Crippen LogP contribution in [0.1, 0.15) is 28.4 Å². The highest BCUT2D eigenvalue weighted by molar-refractivity contribution is 5.80. The molecule has 1 aromatic rings. The van der Waals surface area contributed by atoms with Crippen molar-refractivity contribution in [3.63, 3.8) is 0 Å². The third kappa shape index (κ3) is 3.59. The van der Waals surface area contributed by atoms with Gasteiger partial charge in [0.2, 0.25) is 0 Å². The van der Waals surface area contributed by atoms with Gasteiger partial charge in [0.25, 0.3) is 0 Å². The number of ether oxygens (including phenoxy) is 1. The maximum absolute atomic E-state index is 11.1. The van der Waals surface area contributed by atoms with Gasteiger partial charge in [-0.2, -0.15) is 0 Å². The van der Waals surface area contributed by atoms with Crippen molar-refractivity contribution < 1.29 is 9.53 Å². The van der Waals surface area contributed by atoms with E-state index in [1.54, 1.807) is 6.08 Å². The smallest absolute Gasteiger partial charge is 0.153 e. The molecule has 0 aromatic heterocycles. The third-order valence-corrected chi connectivity index (χ3v) is 2.29. The molecule has 0 fully saturated rings. The molecule has 0 radical (unpaired) electrons. The van der Waals surface area contributed by atoms with Crippen LogP contribution in [0, 0.1) is 6.92 Å². The van der Waals surface area contributed by atoms with Crippen LogP contribution < -0.4 is 4.74 Å². The van der Waals surface area contributed by atoms with E-state index in [9.17, 15) is 4.79 Å². The fourth-order valence-corrected chi connectivity index (χ4v) is 1.64. The zero-order valence-corrected chi connectivity index (χ0v) is 10.5. The Morgan fingerprint density at radius 3 is 2.71 bits per heavy atom. The minimum Gasteiger partial charge on any atom is -0.488 e. The Balaban J connectivity index is 3.15. The van der Waals surface area contributed by atoms with E-state index >= 15 is 0 Å². The van der Waals surface area contributed by atoms with Crippen LogP contribution in [0.5, 0.6) is 5.75 Å². The van der Waals surface area contributed by atoms with Gasteiger partial charge in [0.15, 0.2) is 6.29 Å². The number of rotatable bonds is 6. The molecule has 0 bridgehead atoms. The van der Waals surface area contributed by atoms with Gasteiger partial charge in [-0.3, -0.25) is 4.79 Å². The number of hydrogen-bond donors (Lipinski definition) is 0. The van der Waals surface area contributed by atoms with Crippen LogP contribution in [0.25, 0.3) is 0 Å². The molecule has 0 atom stereocenters. The van der Waals surface area contributed by atoms with Crippen molar-refractivity contribution in [2.24, 2.45) is 0 Å². The topological polar surface area (TPSA) is 26.3 Å². The molecule has 0 aliphatic carbocycles.